The highest BCUT2D eigenvalue weighted by Crippen LogP contribution is 2.21. The van der Waals surface area contributed by atoms with Crippen molar-refractivity contribution >= 4 is 17.5 Å². The van der Waals surface area contributed by atoms with Gasteiger partial charge in [-0.1, -0.05) is 19.1 Å². The molecule has 1 aromatic carbocycles. The van der Waals surface area contributed by atoms with E-state index in [9.17, 15) is 9.59 Å². The Hall–Kier alpha value is -1.84. The minimum absolute atomic E-state index is 0.0412. The maximum atomic E-state index is 11.9. The van der Waals surface area contributed by atoms with Gasteiger partial charge >= 0.3 is 0 Å². The van der Waals surface area contributed by atoms with Gasteiger partial charge in [0, 0.05) is 31.6 Å². The van der Waals surface area contributed by atoms with E-state index in [2.05, 4.69) is 5.32 Å². The molecule has 4 nitrogen and oxygen atoms in total. The number of amides is 2. The smallest absolute Gasteiger partial charge is 0.226 e. The minimum Gasteiger partial charge on any atom is -0.352 e. The molecule has 1 N–H and O–H groups in total. The van der Waals surface area contributed by atoms with Gasteiger partial charge in [0.2, 0.25) is 11.8 Å². The van der Waals surface area contributed by atoms with Gasteiger partial charge in [0.15, 0.2) is 0 Å². The summed E-state index contributed by atoms with van der Waals surface area (Å²) < 4.78 is 0. The summed E-state index contributed by atoms with van der Waals surface area (Å²) in [5.41, 5.74) is 1.96. The summed E-state index contributed by atoms with van der Waals surface area (Å²) >= 11 is 0. The first-order valence-electron chi connectivity index (χ1n) is 6.86. The molecule has 1 fully saturated rings. The number of hydrogen-bond donors (Lipinski definition) is 1. The van der Waals surface area contributed by atoms with Gasteiger partial charge in [-0.05, 0) is 30.5 Å². The van der Waals surface area contributed by atoms with Gasteiger partial charge < -0.3 is 10.2 Å². The normalized spacial score (nSPS) is 15.4. The number of piperidine rings is 1. The van der Waals surface area contributed by atoms with Crippen LogP contribution >= 0.6 is 0 Å². The van der Waals surface area contributed by atoms with Crippen LogP contribution in [-0.4, -0.2) is 18.4 Å². The number of carbonyl (C=O) groups excluding carboxylic acids is 2. The summed E-state index contributed by atoms with van der Waals surface area (Å²) in [5, 5.41) is 2.85. The molecule has 19 heavy (non-hydrogen) atoms. The molecule has 1 aliphatic rings. The Labute approximate surface area is 113 Å². The van der Waals surface area contributed by atoms with Crippen LogP contribution < -0.4 is 10.2 Å². The fraction of sp³-hybridized carbons (Fsp3) is 0.467. The summed E-state index contributed by atoms with van der Waals surface area (Å²) in [7, 11) is 0. The first kappa shape index (κ1) is 13.6. The minimum atomic E-state index is 0.0412. The quantitative estimate of drug-likeness (QED) is 0.902. The van der Waals surface area contributed by atoms with E-state index in [1.54, 1.807) is 0 Å². The van der Waals surface area contributed by atoms with Crippen molar-refractivity contribution in [1.29, 1.82) is 0 Å². The zero-order valence-corrected chi connectivity index (χ0v) is 11.3. The Morgan fingerprint density at radius 3 is 2.95 bits per heavy atom. The fourth-order valence-electron chi connectivity index (χ4n) is 2.24. The standard InChI is InChI=1S/C15H20N2O2/c1-2-14(18)16-11-12-6-5-7-13(10-12)17-9-4-3-8-15(17)19/h5-7,10H,2-4,8-9,11H2,1H3,(H,16,18). The molecule has 2 amide bonds. The van der Waals surface area contributed by atoms with E-state index in [1.165, 1.54) is 0 Å². The first-order chi connectivity index (χ1) is 9.20. The van der Waals surface area contributed by atoms with E-state index in [0.29, 0.717) is 19.4 Å². The molecule has 0 unspecified atom stereocenters. The van der Waals surface area contributed by atoms with Crippen molar-refractivity contribution in [3.8, 4) is 0 Å². The molecule has 0 radical (unpaired) electrons. The lowest BCUT2D eigenvalue weighted by Crippen LogP contribution is -2.35. The number of carbonyl (C=O) groups is 2. The van der Waals surface area contributed by atoms with Crippen LogP contribution in [0.1, 0.15) is 38.2 Å². The van der Waals surface area contributed by atoms with E-state index in [-0.39, 0.29) is 11.8 Å². The molecule has 0 spiro atoms. The molecule has 102 valence electrons. The second-order valence-corrected chi connectivity index (χ2v) is 4.80. The van der Waals surface area contributed by atoms with E-state index in [4.69, 9.17) is 0 Å². The zero-order valence-electron chi connectivity index (χ0n) is 11.3. The van der Waals surface area contributed by atoms with E-state index < -0.39 is 0 Å². The summed E-state index contributed by atoms with van der Waals surface area (Å²) in [6.07, 6.45) is 3.17. The Bertz CT molecular complexity index is 471. The Kier molecular flexibility index (Phi) is 4.55. The lowest BCUT2D eigenvalue weighted by Gasteiger charge is -2.27. The Morgan fingerprint density at radius 2 is 2.21 bits per heavy atom. The Morgan fingerprint density at radius 1 is 1.37 bits per heavy atom. The van der Waals surface area contributed by atoms with Crippen LogP contribution in [0.2, 0.25) is 0 Å². The van der Waals surface area contributed by atoms with Crippen LogP contribution in [0.25, 0.3) is 0 Å². The molecule has 4 heteroatoms. The van der Waals surface area contributed by atoms with Crippen molar-refractivity contribution in [3.63, 3.8) is 0 Å². The van der Waals surface area contributed by atoms with Gasteiger partial charge in [-0.25, -0.2) is 0 Å². The van der Waals surface area contributed by atoms with Crippen LogP contribution in [0.4, 0.5) is 5.69 Å². The van der Waals surface area contributed by atoms with Gasteiger partial charge in [0.1, 0.15) is 0 Å². The topological polar surface area (TPSA) is 49.4 Å². The second-order valence-electron chi connectivity index (χ2n) is 4.80. The Balaban J connectivity index is 2.06. The molecule has 0 atom stereocenters. The van der Waals surface area contributed by atoms with Crippen molar-refractivity contribution in [2.45, 2.75) is 39.2 Å². The molecule has 1 heterocycles. The molecule has 0 saturated carbocycles. The van der Waals surface area contributed by atoms with Gasteiger partial charge in [-0.3, -0.25) is 9.59 Å². The highest BCUT2D eigenvalue weighted by atomic mass is 16.2. The molecule has 0 aliphatic carbocycles. The van der Waals surface area contributed by atoms with Crippen molar-refractivity contribution in [2.75, 3.05) is 11.4 Å². The molecular formula is C15H20N2O2. The molecule has 1 aliphatic heterocycles. The lowest BCUT2D eigenvalue weighted by molar-refractivity contribution is -0.121. The van der Waals surface area contributed by atoms with Gasteiger partial charge in [-0.2, -0.15) is 0 Å². The summed E-state index contributed by atoms with van der Waals surface area (Å²) in [5.74, 6) is 0.237. The average molecular weight is 260 g/mol. The van der Waals surface area contributed by atoms with Crippen molar-refractivity contribution < 1.29 is 9.59 Å². The number of benzene rings is 1. The predicted octanol–water partition coefficient (Wildman–Crippen LogP) is 2.23. The predicted molar refractivity (Wildman–Crippen MR) is 74.8 cm³/mol. The van der Waals surface area contributed by atoms with Crippen LogP contribution in [0, 0.1) is 0 Å². The van der Waals surface area contributed by atoms with Crippen molar-refractivity contribution in [2.24, 2.45) is 0 Å². The maximum Gasteiger partial charge on any atom is 0.226 e. The second kappa shape index (κ2) is 6.36. The monoisotopic (exact) mass is 260 g/mol. The molecule has 0 aromatic heterocycles. The average Bonchev–Trinajstić information content (AvgIpc) is 2.45. The van der Waals surface area contributed by atoms with Crippen LogP contribution in [0.3, 0.4) is 0 Å². The molecule has 2 rings (SSSR count). The SMILES string of the molecule is CCC(=O)NCc1cccc(N2CCCCC2=O)c1. The summed E-state index contributed by atoms with van der Waals surface area (Å²) in [6, 6.07) is 7.84. The number of hydrogen-bond acceptors (Lipinski definition) is 2. The van der Waals surface area contributed by atoms with Gasteiger partial charge in [0.25, 0.3) is 0 Å². The molecular weight excluding hydrogens is 240 g/mol. The van der Waals surface area contributed by atoms with Crippen molar-refractivity contribution in [1.82, 2.24) is 5.32 Å². The third-order valence-corrected chi connectivity index (χ3v) is 3.36. The zero-order chi connectivity index (χ0) is 13.7. The van der Waals surface area contributed by atoms with Crippen LogP contribution in [-0.2, 0) is 16.1 Å². The largest absolute Gasteiger partial charge is 0.352 e. The summed E-state index contributed by atoms with van der Waals surface area (Å²) in [6.45, 7) is 3.14. The van der Waals surface area contributed by atoms with Gasteiger partial charge in [0.05, 0.1) is 0 Å². The van der Waals surface area contributed by atoms with Crippen molar-refractivity contribution in [3.05, 3.63) is 29.8 Å². The highest BCUT2D eigenvalue weighted by molar-refractivity contribution is 5.94. The van der Waals surface area contributed by atoms with Gasteiger partial charge in [-0.15, -0.1) is 0 Å². The van der Waals surface area contributed by atoms with Crippen LogP contribution in [0.15, 0.2) is 24.3 Å². The third kappa shape index (κ3) is 3.56. The number of anilines is 1. The first-order valence-corrected chi connectivity index (χ1v) is 6.86. The number of rotatable bonds is 4. The van der Waals surface area contributed by atoms with Crippen LogP contribution in [0.5, 0.6) is 0 Å². The number of nitrogens with zero attached hydrogens (tertiary/aromatic N) is 1. The molecule has 1 saturated heterocycles. The van der Waals surface area contributed by atoms with E-state index in [0.717, 1.165) is 30.6 Å². The maximum absolute atomic E-state index is 11.9. The third-order valence-electron chi connectivity index (χ3n) is 3.36. The highest BCUT2D eigenvalue weighted by Gasteiger charge is 2.19. The number of nitrogens with one attached hydrogen (secondary N) is 1. The molecule has 1 aromatic rings. The summed E-state index contributed by atoms with van der Waals surface area (Å²) in [4.78, 5) is 25.0. The molecule has 0 bridgehead atoms. The van der Waals surface area contributed by atoms with E-state index >= 15 is 0 Å². The van der Waals surface area contributed by atoms with E-state index in [1.807, 2.05) is 36.1 Å². The fourth-order valence-corrected chi connectivity index (χ4v) is 2.24. The lowest BCUT2D eigenvalue weighted by atomic mass is 10.1.